The van der Waals surface area contributed by atoms with E-state index < -0.39 is 0 Å². The average molecular weight is 541 g/mol. The smallest absolute Gasteiger partial charge is 0.199 e. The van der Waals surface area contributed by atoms with Gasteiger partial charge in [-0.2, -0.15) is 0 Å². The van der Waals surface area contributed by atoms with Gasteiger partial charge < -0.3 is 19.1 Å². The number of hydrogen-bond acceptors (Lipinski definition) is 6. The average Bonchev–Trinajstić information content (AvgIpc) is 3.37. The van der Waals surface area contributed by atoms with Crippen LogP contribution in [0.15, 0.2) is 53.8 Å². The topological polar surface area (TPSA) is 72.0 Å². The molecule has 0 saturated carbocycles. The molecular weight excluding hydrogens is 504 g/mol. The van der Waals surface area contributed by atoms with Crippen LogP contribution >= 0.6 is 11.8 Å². The molecule has 202 valence electrons. The highest BCUT2D eigenvalue weighted by atomic mass is 32.2. The summed E-state index contributed by atoms with van der Waals surface area (Å²) < 4.78 is 4.07. The van der Waals surface area contributed by atoms with E-state index in [0.717, 1.165) is 88.6 Å². The summed E-state index contributed by atoms with van der Waals surface area (Å²) in [6, 6.07) is 15.1. The highest BCUT2D eigenvalue weighted by molar-refractivity contribution is 7.99. The number of aryl methyl sites for hydroxylation is 1. The largest absolute Gasteiger partial charge is 0.494 e. The molecule has 5 aromatic rings. The molecule has 7 nitrogen and oxygen atoms in total. The van der Waals surface area contributed by atoms with Crippen molar-refractivity contribution in [3.63, 3.8) is 0 Å². The molecule has 6 rings (SSSR count). The van der Waals surface area contributed by atoms with Crippen molar-refractivity contribution >= 4 is 33.4 Å². The second-order valence-corrected chi connectivity index (χ2v) is 12.0. The van der Waals surface area contributed by atoms with Gasteiger partial charge in [0.05, 0.1) is 5.52 Å². The Kier molecular flexibility index (Phi) is 7.08. The van der Waals surface area contributed by atoms with E-state index in [1.165, 1.54) is 11.1 Å². The molecule has 8 heteroatoms. The predicted molar refractivity (Wildman–Crippen MR) is 160 cm³/mol. The predicted octanol–water partition coefficient (Wildman–Crippen LogP) is 6.16. The summed E-state index contributed by atoms with van der Waals surface area (Å²) in [6.07, 6.45) is 5.27. The van der Waals surface area contributed by atoms with E-state index in [1.807, 2.05) is 29.7 Å². The van der Waals surface area contributed by atoms with Gasteiger partial charge >= 0.3 is 0 Å². The second-order valence-electron chi connectivity index (χ2n) is 10.9. The third-order valence-electron chi connectivity index (χ3n) is 7.88. The Balaban J connectivity index is 1.06. The molecule has 0 unspecified atom stereocenters. The molecule has 1 N–H and O–H groups in total. The van der Waals surface area contributed by atoms with E-state index in [2.05, 4.69) is 76.0 Å². The lowest BCUT2D eigenvalue weighted by Crippen LogP contribution is -2.27. The zero-order chi connectivity index (χ0) is 27.1. The molecular formula is C31H36N6OS. The summed E-state index contributed by atoms with van der Waals surface area (Å²) >= 11 is 1.78. The maximum atomic E-state index is 10.7. The van der Waals surface area contributed by atoms with Crippen molar-refractivity contribution < 1.29 is 5.11 Å². The van der Waals surface area contributed by atoms with Gasteiger partial charge in [0, 0.05) is 65.5 Å². The fraction of sp³-hybridized carbons (Fsp3) is 0.387. The molecule has 0 radical (unpaired) electrons. The third kappa shape index (κ3) is 5.03. The van der Waals surface area contributed by atoms with Crippen LogP contribution in [0.5, 0.6) is 5.88 Å². The van der Waals surface area contributed by atoms with Gasteiger partial charge in [0.1, 0.15) is 0 Å². The quantitative estimate of drug-likeness (QED) is 0.197. The number of benzene rings is 2. The van der Waals surface area contributed by atoms with Gasteiger partial charge in [-0.1, -0.05) is 30.0 Å². The summed E-state index contributed by atoms with van der Waals surface area (Å²) in [6.45, 7) is 9.42. The van der Waals surface area contributed by atoms with E-state index in [-0.39, 0.29) is 6.04 Å². The summed E-state index contributed by atoms with van der Waals surface area (Å²) in [4.78, 5) is 7.24. The van der Waals surface area contributed by atoms with E-state index in [0.29, 0.717) is 5.88 Å². The fourth-order valence-corrected chi connectivity index (χ4v) is 6.52. The summed E-state index contributed by atoms with van der Waals surface area (Å²) in [5.74, 6) is 2.27. The Bertz CT molecular complexity index is 1650. The van der Waals surface area contributed by atoms with Crippen molar-refractivity contribution in [3.8, 4) is 17.3 Å². The highest BCUT2D eigenvalue weighted by Crippen LogP contribution is 2.34. The number of thioether (sulfide) groups is 1. The molecule has 0 aliphatic carbocycles. The molecule has 0 bridgehead atoms. The van der Waals surface area contributed by atoms with E-state index in [1.54, 1.807) is 11.8 Å². The fourth-order valence-electron chi connectivity index (χ4n) is 5.69. The lowest BCUT2D eigenvalue weighted by molar-refractivity contribution is 0.289. The molecule has 1 aliphatic heterocycles. The Hall–Kier alpha value is -3.36. The van der Waals surface area contributed by atoms with Crippen LogP contribution in [-0.4, -0.2) is 59.7 Å². The first kappa shape index (κ1) is 25.9. The molecule has 1 aliphatic rings. The van der Waals surface area contributed by atoms with Crippen LogP contribution in [0.4, 0.5) is 0 Å². The van der Waals surface area contributed by atoms with Crippen molar-refractivity contribution in [2.24, 2.45) is 7.05 Å². The molecule has 3 aromatic heterocycles. The summed E-state index contributed by atoms with van der Waals surface area (Å²) in [5, 5.41) is 23.9. The van der Waals surface area contributed by atoms with Gasteiger partial charge in [-0.15, -0.1) is 10.2 Å². The number of fused-ring (bicyclic) bond motifs is 3. The van der Waals surface area contributed by atoms with Gasteiger partial charge in [-0.3, -0.25) is 4.98 Å². The Labute approximate surface area is 233 Å². The van der Waals surface area contributed by atoms with Crippen LogP contribution in [0.2, 0.25) is 0 Å². The highest BCUT2D eigenvalue weighted by Gasteiger charge is 2.19. The van der Waals surface area contributed by atoms with Crippen molar-refractivity contribution in [2.45, 2.75) is 51.2 Å². The van der Waals surface area contributed by atoms with Crippen LogP contribution < -0.4 is 0 Å². The normalized spacial score (nSPS) is 14.4. The van der Waals surface area contributed by atoms with Crippen LogP contribution in [0.1, 0.15) is 43.1 Å². The van der Waals surface area contributed by atoms with Crippen LogP contribution in [-0.2, 0) is 19.9 Å². The van der Waals surface area contributed by atoms with E-state index in [4.69, 9.17) is 0 Å². The Morgan fingerprint density at radius 2 is 1.79 bits per heavy atom. The number of pyridine rings is 1. The second kappa shape index (κ2) is 10.7. The first-order chi connectivity index (χ1) is 18.9. The first-order valence-electron chi connectivity index (χ1n) is 13.9. The van der Waals surface area contributed by atoms with Crippen molar-refractivity contribution in [1.29, 1.82) is 0 Å². The molecule has 4 heterocycles. The molecule has 0 fully saturated rings. The monoisotopic (exact) mass is 540 g/mol. The van der Waals surface area contributed by atoms with Gasteiger partial charge in [-0.25, -0.2) is 0 Å². The number of rotatable bonds is 7. The van der Waals surface area contributed by atoms with E-state index >= 15 is 0 Å². The van der Waals surface area contributed by atoms with Crippen LogP contribution in [0, 0.1) is 6.92 Å². The summed E-state index contributed by atoms with van der Waals surface area (Å²) in [7, 11) is 2.05. The zero-order valence-corrected chi connectivity index (χ0v) is 24.0. The maximum absolute atomic E-state index is 10.7. The maximum Gasteiger partial charge on any atom is 0.199 e. The standard InChI is InChI=1S/C31H36N6OS/c1-20(2)37-19-24-17-22-11-14-36(15-12-23(22)18-27(24)30(37)38)13-6-16-39-31-34-33-29(35(31)4)26-7-5-8-28-25(26)10-9-21(3)32-28/h5,7-10,17-20,38H,6,11-16H2,1-4H3. The van der Waals surface area contributed by atoms with Gasteiger partial charge in [-0.05, 0) is 82.0 Å². The molecule has 39 heavy (non-hydrogen) atoms. The number of nitrogens with zero attached hydrogens (tertiary/aromatic N) is 6. The van der Waals surface area contributed by atoms with Crippen molar-refractivity contribution in [2.75, 3.05) is 25.4 Å². The number of hydrogen-bond donors (Lipinski definition) is 1. The first-order valence-corrected chi connectivity index (χ1v) is 14.8. The lowest BCUT2D eigenvalue weighted by atomic mass is 10.00. The molecule has 2 aromatic carbocycles. The Morgan fingerprint density at radius 3 is 2.59 bits per heavy atom. The SMILES string of the molecule is Cc1ccc2c(-c3nnc(SCCCN4CCc5cc6cn(C(C)C)c(O)c6cc5CC4)n3C)cccc2n1. The molecule has 0 spiro atoms. The molecule has 0 atom stereocenters. The molecule has 0 saturated heterocycles. The number of aromatic nitrogens is 5. The Morgan fingerprint density at radius 1 is 1.00 bits per heavy atom. The van der Waals surface area contributed by atoms with Crippen LogP contribution in [0.3, 0.4) is 0 Å². The van der Waals surface area contributed by atoms with Crippen molar-refractivity contribution in [3.05, 3.63) is 65.5 Å². The minimum atomic E-state index is 0.249. The minimum Gasteiger partial charge on any atom is -0.494 e. The third-order valence-corrected chi connectivity index (χ3v) is 8.99. The summed E-state index contributed by atoms with van der Waals surface area (Å²) in [5.41, 5.74) is 5.87. The van der Waals surface area contributed by atoms with Crippen molar-refractivity contribution in [1.82, 2.24) is 29.2 Å². The van der Waals surface area contributed by atoms with Gasteiger partial charge in [0.2, 0.25) is 0 Å². The van der Waals surface area contributed by atoms with Gasteiger partial charge in [0.15, 0.2) is 16.9 Å². The van der Waals surface area contributed by atoms with Gasteiger partial charge in [0.25, 0.3) is 0 Å². The number of aromatic hydroxyl groups is 1. The molecule has 0 amide bonds. The van der Waals surface area contributed by atoms with E-state index in [9.17, 15) is 5.11 Å². The zero-order valence-electron chi connectivity index (χ0n) is 23.2. The van der Waals surface area contributed by atoms with Crippen LogP contribution in [0.25, 0.3) is 33.1 Å². The minimum absolute atomic E-state index is 0.249. The lowest BCUT2D eigenvalue weighted by Gasteiger charge is -2.19.